The number of nitrogens with one attached hydrogen (secondary N) is 1. The maximum atomic E-state index is 13.7. The topological polar surface area (TPSA) is 12.0 Å². The summed E-state index contributed by atoms with van der Waals surface area (Å²) >= 11 is 3.51. The molecule has 2 aromatic heterocycles. The number of benzene rings is 1. The molecule has 3 rings (SSSR count). The molecule has 0 amide bonds. The van der Waals surface area contributed by atoms with E-state index >= 15 is 0 Å². The molecule has 1 N–H and O–H groups in total. The molecule has 0 aliphatic heterocycles. The highest BCUT2D eigenvalue weighted by Crippen LogP contribution is 2.35. The Morgan fingerprint density at radius 2 is 2.00 bits per heavy atom. The quantitative estimate of drug-likeness (QED) is 0.736. The van der Waals surface area contributed by atoms with Crippen LogP contribution in [0.15, 0.2) is 35.7 Å². The summed E-state index contributed by atoms with van der Waals surface area (Å²) in [4.78, 5) is 1.23. The Kier molecular flexibility index (Phi) is 3.39. The summed E-state index contributed by atoms with van der Waals surface area (Å²) in [5, 5.41) is 5.38. The van der Waals surface area contributed by atoms with Crippen molar-refractivity contribution in [3.63, 3.8) is 0 Å². The zero-order chi connectivity index (χ0) is 13.4. The van der Waals surface area contributed by atoms with E-state index in [0.29, 0.717) is 5.56 Å². The maximum absolute atomic E-state index is 13.7. The Labute approximate surface area is 119 Å². The van der Waals surface area contributed by atoms with Crippen molar-refractivity contribution in [2.75, 3.05) is 7.05 Å². The molecule has 1 nitrogen and oxygen atoms in total. The van der Waals surface area contributed by atoms with E-state index in [9.17, 15) is 4.39 Å². The molecule has 1 unspecified atom stereocenters. The van der Waals surface area contributed by atoms with Crippen LogP contribution in [0.5, 0.6) is 0 Å². The molecular formula is C15H14FNS2. The number of thiophene rings is 2. The second-order valence-corrected chi connectivity index (χ2v) is 6.59. The maximum Gasteiger partial charge on any atom is 0.126 e. The second kappa shape index (κ2) is 5.04. The fraction of sp³-hybridized carbons (Fsp3) is 0.200. The second-order valence-electron chi connectivity index (χ2n) is 4.53. The fourth-order valence-corrected chi connectivity index (χ4v) is 4.45. The molecular weight excluding hydrogens is 277 g/mol. The predicted octanol–water partition coefficient (Wildman–Crippen LogP) is 4.72. The Hall–Kier alpha value is -1.23. The van der Waals surface area contributed by atoms with Crippen LogP contribution < -0.4 is 5.32 Å². The lowest BCUT2D eigenvalue weighted by atomic mass is 10.0. The highest BCUT2D eigenvalue weighted by atomic mass is 32.1. The number of rotatable bonds is 3. The van der Waals surface area contributed by atoms with Crippen LogP contribution in [0, 0.1) is 12.7 Å². The highest BCUT2D eigenvalue weighted by molar-refractivity contribution is 7.27. The highest BCUT2D eigenvalue weighted by Gasteiger charge is 2.16. The van der Waals surface area contributed by atoms with Gasteiger partial charge in [0, 0.05) is 14.3 Å². The van der Waals surface area contributed by atoms with Crippen molar-refractivity contribution in [1.29, 1.82) is 0 Å². The van der Waals surface area contributed by atoms with Gasteiger partial charge in [0.1, 0.15) is 5.82 Å². The van der Waals surface area contributed by atoms with E-state index in [-0.39, 0.29) is 11.9 Å². The van der Waals surface area contributed by atoms with E-state index in [2.05, 4.69) is 22.8 Å². The summed E-state index contributed by atoms with van der Waals surface area (Å²) in [6.07, 6.45) is 0. The van der Waals surface area contributed by atoms with Gasteiger partial charge < -0.3 is 5.32 Å². The van der Waals surface area contributed by atoms with Crippen molar-refractivity contribution in [3.05, 3.63) is 57.5 Å². The SMILES string of the molecule is CNC(c1ccc(C)c(F)c1)c1cc2sccc2s1. The average molecular weight is 291 g/mol. The van der Waals surface area contributed by atoms with E-state index in [1.807, 2.05) is 19.2 Å². The van der Waals surface area contributed by atoms with Crippen LogP contribution in [0.4, 0.5) is 4.39 Å². The van der Waals surface area contributed by atoms with Gasteiger partial charge in [-0.25, -0.2) is 4.39 Å². The number of hydrogen-bond acceptors (Lipinski definition) is 3. The first-order valence-electron chi connectivity index (χ1n) is 6.09. The molecule has 0 fully saturated rings. The average Bonchev–Trinajstić information content (AvgIpc) is 2.95. The van der Waals surface area contributed by atoms with Crippen LogP contribution in [0.25, 0.3) is 9.40 Å². The van der Waals surface area contributed by atoms with Gasteiger partial charge in [-0.3, -0.25) is 0 Å². The monoisotopic (exact) mass is 291 g/mol. The lowest BCUT2D eigenvalue weighted by Crippen LogP contribution is -2.16. The third-order valence-electron chi connectivity index (χ3n) is 3.26. The van der Waals surface area contributed by atoms with Gasteiger partial charge in [0.15, 0.2) is 0 Å². The van der Waals surface area contributed by atoms with Gasteiger partial charge in [0.05, 0.1) is 6.04 Å². The number of halogens is 1. The van der Waals surface area contributed by atoms with E-state index in [0.717, 1.165) is 5.56 Å². The first-order chi connectivity index (χ1) is 9.19. The minimum Gasteiger partial charge on any atom is -0.309 e. The van der Waals surface area contributed by atoms with Gasteiger partial charge in [0.2, 0.25) is 0 Å². The zero-order valence-corrected chi connectivity index (χ0v) is 12.4. The van der Waals surface area contributed by atoms with Gasteiger partial charge >= 0.3 is 0 Å². The summed E-state index contributed by atoms with van der Waals surface area (Å²) in [5.74, 6) is -0.142. The molecule has 1 aromatic carbocycles. The largest absolute Gasteiger partial charge is 0.309 e. The third kappa shape index (κ3) is 2.31. The molecule has 0 saturated heterocycles. The lowest BCUT2D eigenvalue weighted by Gasteiger charge is -2.15. The van der Waals surface area contributed by atoms with Gasteiger partial charge in [-0.1, -0.05) is 12.1 Å². The molecule has 0 aliphatic carbocycles. The number of aryl methyl sites for hydroxylation is 1. The first-order valence-corrected chi connectivity index (χ1v) is 7.79. The molecule has 4 heteroatoms. The molecule has 98 valence electrons. The zero-order valence-electron chi connectivity index (χ0n) is 10.7. The van der Waals surface area contributed by atoms with E-state index in [1.165, 1.54) is 14.3 Å². The summed E-state index contributed by atoms with van der Waals surface area (Å²) in [6.45, 7) is 1.79. The number of hydrogen-bond donors (Lipinski definition) is 1. The van der Waals surface area contributed by atoms with Crippen LogP contribution in [0.3, 0.4) is 0 Å². The van der Waals surface area contributed by atoms with Crippen molar-refractivity contribution < 1.29 is 4.39 Å². The third-order valence-corrected chi connectivity index (χ3v) is 5.42. The van der Waals surface area contributed by atoms with E-state index in [1.54, 1.807) is 35.7 Å². The Morgan fingerprint density at radius 1 is 1.16 bits per heavy atom. The standard InChI is InChI=1S/C15H14FNS2/c1-9-3-4-10(7-11(9)16)15(17-2)14-8-13-12(19-14)5-6-18-13/h3-8,15,17H,1-2H3. The van der Waals surface area contributed by atoms with E-state index < -0.39 is 0 Å². The normalized spacial score (nSPS) is 13.0. The van der Waals surface area contributed by atoms with Crippen LogP contribution >= 0.6 is 22.7 Å². The summed E-state index contributed by atoms with van der Waals surface area (Å²) in [6, 6.07) is 9.85. The lowest BCUT2D eigenvalue weighted by molar-refractivity contribution is 0.609. The Bertz CT molecular complexity index is 685. The van der Waals surface area contributed by atoms with Gasteiger partial charge in [0.25, 0.3) is 0 Å². The van der Waals surface area contributed by atoms with Crippen molar-refractivity contribution in [1.82, 2.24) is 5.32 Å². The predicted molar refractivity (Wildman–Crippen MR) is 81.7 cm³/mol. The van der Waals surface area contributed by atoms with Gasteiger partial charge in [-0.05, 0) is 48.7 Å². The van der Waals surface area contributed by atoms with Crippen LogP contribution in [0.2, 0.25) is 0 Å². The smallest absolute Gasteiger partial charge is 0.126 e. The molecule has 0 saturated carbocycles. The van der Waals surface area contributed by atoms with Crippen molar-refractivity contribution in [2.45, 2.75) is 13.0 Å². The van der Waals surface area contributed by atoms with Gasteiger partial charge in [-0.15, -0.1) is 22.7 Å². The minimum absolute atomic E-state index is 0.0553. The molecule has 3 aromatic rings. The van der Waals surface area contributed by atoms with Crippen molar-refractivity contribution in [3.8, 4) is 0 Å². The molecule has 0 radical (unpaired) electrons. The van der Waals surface area contributed by atoms with Crippen LogP contribution in [0.1, 0.15) is 22.0 Å². The van der Waals surface area contributed by atoms with Crippen molar-refractivity contribution in [2.24, 2.45) is 0 Å². The molecule has 1 atom stereocenters. The van der Waals surface area contributed by atoms with E-state index in [4.69, 9.17) is 0 Å². The summed E-state index contributed by atoms with van der Waals surface area (Å²) in [5.41, 5.74) is 1.66. The van der Waals surface area contributed by atoms with Crippen LogP contribution in [-0.2, 0) is 0 Å². The van der Waals surface area contributed by atoms with Crippen molar-refractivity contribution >= 4 is 32.1 Å². The van der Waals surface area contributed by atoms with Crippen LogP contribution in [-0.4, -0.2) is 7.05 Å². The molecule has 19 heavy (non-hydrogen) atoms. The molecule has 0 spiro atoms. The summed E-state index contributed by atoms with van der Waals surface area (Å²) in [7, 11) is 1.91. The minimum atomic E-state index is -0.142. The summed E-state index contributed by atoms with van der Waals surface area (Å²) < 4.78 is 16.3. The molecule has 0 bridgehead atoms. The number of fused-ring (bicyclic) bond motifs is 1. The fourth-order valence-electron chi connectivity index (χ4n) is 2.19. The Morgan fingerprint density at radius 3 is 2.68 bits per heavy atom. The molecule has 0 aliphatic rings. The molecule has 2 heterocycles. The van der Waals surface area contributed by atoms with Gasteiger partial charge in [-0.2, -0.15) is 0 Å². The first kappa shape index (κ1) is 12.8. The Balaban J connectivity index is 2.03.